The second-order valence-electron chi connectivity index (χ2n) is 8.13. The summed E-state index contributed by atoms with van der Waals surface area (Å²) in [4.78, 5) is 12.5. The third kappa shape index (κ3) is 4.31. The highest BCUT2D eigenvalue weighted by Gasteiger charge is 2.28. The van der Waals surface area contributed by atoms with Gasteiger partial charge < -0.3 is 10.3 Å². The Morgan fingerprint density at radius 3 is 2.46 bits per heavy atom. The zero-order valence-corrected chi connectivity index (χ0v) is 17.3. The van der Waals surface area contributed by atoms with E-state index in [4.69, 9.17) is 5.73 Å². The van der Waals surface area contributed by atoms with Crippen molar-refractivity contribution in [3.63, 3.8) is 0 Å². The van der Waals surface area contributed by atoms with E-state index in [0.29, 0.717) is 11.6 Å². The molecule has 0 bridgehead atoms. The van der Waals surface area contributed by atoms with Crippen molar-refractivity contribution in [2.45, 2.75) is 84.1 Å². The molecule has 0 unspecified atom stereocenters. The molecule has 0 spiro atoms. The number of benzene rings is 1. The summed E-state index contributed by atoms with van der Waals surface area (Å²) in [5.41, 5.74) is 10.1. The van der Waals surface area contributed by atoms with Crippen LogP contribution in [-0.2, 0) is 6.42 Å². The highest BCUT2D eigenvalue weighted by atomic mass is 19.1. The maximum atomic E-state index is 14.0. The van der Waals surface area contributed by atoms with Crippen molar-refractivity contribution in [3.05, 3.63) is 47.0 Å². The van der Waals surface area contributed by atoms with Crippen LogP contribution in [0, 0.1) is 12.7 Å². The van der Waals surface area contributed by atoms with Gasteiger partial charge >= 0.3 is 0 Å². The van der Waals surface area contributed by atoms with Crippen molar-refractivity contribution in [3.8, 4) is 11.1 Å². The molecule has 0 aliphatic heterocycles. The zero-order valence-electron chi connectivity index (χ0n) is 17.3. The van der Waals surface area contributed by atoms with Gasteiger partial charge in [-0.15, -0.1) is 0 Å². The van der Waals surface area contributed by atoms with Crippen LogP contribution in [0.4, 0.5) is 4.39 Å². The number of primary amides is 1. The lowest BCUT2D eigenvalue weighted by Gasteiger charge is -2.26. The molecule has 0 radical (unpaired) electrons. The van der Waals surface area contributed by atoms with Crippen molar-refractivity contribution >= 4 is 5.91 Å². The van der Waals surface area contributed by atoms with Crippen molar-refractivity contribution in [1.29, 1.82) is 0 Å². The Hall–Kier alpha value is -2.10. The molecule has 2 N–H and O–H groups in total. The van der Waals surface area contributed by atoms with E-state index in [1.54, 1.807) is 6.07 Å². The molecule has 152 valence electrons. The van der Waals surface area contributed by atoms with Crippen molar-refractivity contribution in [1.82, 2.24) is 4.57 Å². The van der Waals surface area contributed by atoms with Gasteiger partial charge in [0.2, 0.25) is 0 Å². The smallest absolute Gasteiger partial charge is 0.251 e. The molecular weight excluding hydrogens is 351 g/mol. The van der Waals surface area contributed by atoms with Gasteiger partial charge in [-0.2, -0.15) is 0 Å². The van der Waals surface area contributed by atoms with Gasteiger partial charge in [0, 0.05) is 23.0 Å². The van der Waals surface area contributed by atoms with Gasteiger partial charge in [-0.3, -0.25) is 4.79 Å². The first kappa shape index (κ1) is 20.6. The maximum Gasteiger partial charge on any atom is 0.251 e. The van der Waals surface area contributed by atoms with Crippen LogP contribution in [-0.4, -0.2) is 10.5 Å². The van der Waals surface area contributed by atoms with Crippen LogP contribution >= 0.6 is 0 Å². The molecule has 4 heteroatoms. The number of carbonyl (C=O) groups is 1. The molecule has 1 aliphatic rings. The fraction of sp³-hybridized carbons (Fsp3) is 0.542. The first-order valence-corrected chi connectivity index (χ1v) is 10.8. The predicted octanol–water partition coefficient (Wildman–Crippen LogP) is 6.33. The van der Waals surface area contributed by atoms with E-state index in [9.17, 15) is 9.18 Å². The number of nitrogens with two attached hydrogens (primary N) is 1. The molecular formula is C24H33FN2O. The SMILES string of the molecule is CCCCc1c(-c2cccc(F)c2)c(C(N)=O)c(C)n1C1CCCCCCC1. The quantitative estimate of drug-likeness (QED) is 0.621. The van der Waals surface area contributed by atoms with Crippen LogP contribution in [0.2, 0.25) is 0 Å². The zero-order chi connectivity index (χ0) is 20.1. The van der Waals surface area contributed by atoms with Gasteiger partial charge in [-0.05, 0) is 50.3 Å². The number of nitrogens with zero attached hydrogens (tertiary/aromatic N) is 1. The Morgan fingerprint density at radius 1 is 1.18 bits per heavy atom. The summed E-state index contributed by atoms with van der Waals surface area (Å²) in [6, 6.07) is 6.97. The van der Waals surface area contributed by atoms with Crippen LogP contribution in [0.15, 0.2) is 24.3 Å². The second kappa shape index (κ2) is 9.40. The highest BCUT2D eigenvalue weighted by molar-refractivity contribution is 6.02. The number of aromatic nitrogens is 1. The Labute approximate surface area is 168 Å². The number of unbranched alkanes of at least 4 members (excludes halogenated alkanes) is 1. The summed E-state index contributed by atoms with van der Waals surface area (Å²) in [6.45, 7) is 4.18. The lowest BCUT2D eigenvalue weighted by atomic mass is 9.95. The minimum absolute atomic E-state index is 0.286. The first-order chi connectivity index (χ1) is 13.5. The van der Waals surface area contributed by atoms with Crippen molar-refractivity contribution in [2.24, 2.45) is 5.73 Å². The van der Waals surface area contributed by atoms with E-state index in [1.807, 2.05) is 13.0 Å². The lowest BCUT2D eigenvalue weighted by molar-refractivity contribution is 0.1000. The van der Waals surface area contributed by atoms with E-state index in [0.717, 1.165) is 54.6 Å². The summed E-state index contributed by atoms with van der Waals surface area (Å²) >= 11 is 0. The molecule has 3 rings (SSSR count). The Bertz CT molecular complexity index is 816. The monoisotopic (exact) mass is 384 g/mol. The van der Waals surface area contributed by atoms with Crippen LogP contribution < -0.4 is 5.73 Å². The normalized spacial score (nSPS) is 16.0. The van der Waals surface area contributed by atoms with E-state index in [1.165, 1.54) is 44.2 Å². The molecule has 1 saturated carbocycles. The number of rotatable bonds is 6. The summed E-state index contributed by atoms with van der Waals surface area (Å²) < 4.78 is 16.4. The topological polar surface area (TPSA) is 48.0 Å². The first-order valence-electron chi connectivity index (χ1n) is 10.8. The number of halogens is 1. The van der Waals surface area contributed by atoms with E-state index in [2.05, 4.69) is 11.5 Å². The maximum absolute atomic E-state index is 14.0. The molecule has 1 fully saturated rings. The summed E-state index contributed by atoms with van der Waals surface area (Å²) in [5, 5.41) is 0. The highest BCUT2D eigenvalue weighted by Crippen LogP contribution is 2.39. The largest absolute Gasteiger partial charge is 0.366 e. The second-order valence-corrected chi connectivity index (χ2v) is 8.13. The average molecular weight is 385 g/mol. The third-order valence-corrected chi connectivity index (χ3v) is 6.12. The summed E-state index contributed by atoms with van der Waals surface area (Å²) in [5.74, 6) is -0.704. The number of hydrogen-bond donors (Lipinski definition) is 1. The lowest BCUT2D eigenvalue weighted by Crippen LogP contribution is -2.17. The van der Waals surface area contributed by atoms with Gasteiger partial charge in [0.1, 0.15) is 5.82 Å². The standard InChI is InChI=1S/C24H33FN2O/c1-3-4-15-21-23(18-11-10-12-19(25)16-18)22(24(26)28)17(2)27(21)20-13-8-6-5-7-9-14-20/h10-12,16,20H,3-9,13-15H2,1-2H3,(H2,26,28). The van der Waals surface area contributed by atoms with Crippen LogP contribution in [0.3, 0.4) is 0 Å². The molecule has 1 aromatic heterocycles. The van der Waals surface area contributed by atoms with E-state index in [-0.39, 0.29) is 5.82 Å². The van der Waals surface area contributed by atoms with E-state index < -0.39 is 5.91 Å². The van der Waals surface area contributed by atoms with Crippen molar-refractivity contribution in [2.75, 3.05) is 0 Å². The molecule has 2 aromatic rings. The van der Waals surface area contributed by atoms with Crippen LogP contribution in [0.1, 0.15) is 92.5 Å². The Balaban J connectivity index is 2.20. The fourth-order valence-corrected chi connectivity index (χ4v) is 4.80. The van der Waals surface area contributed by atoms with Crippen molar-refractivity contribution < 1.29 is 9.18 Å². The summed E-state index contributed by atoms with van der Waals surface area (Å²) in [7, 11) is 0. The Kier molecular flexibility index (Phi) is 6.93. The van der Waals surface area contributed by atoms with Gasteiger partial charge in [-0.1, -0.05) is 57.6 Å². The molecule has 1 heterocycles. The van der Waals surface area contributed by atoms with Gasteiger partial charge in [-0.25, -0.2) is 4.39 Å². The molecule has 28 heavy (non-hydrogen) atoms. The third-order valence-electron chi connectivity index (χ3n) is 6.12. The molecule has 3 nitrogen and oxygen atoms in total. The number of amides is 1. The van der Waals surface area contributed by atoms with Crippen LogP contribution in [0.5, 0.6) is 0 Å². The predicted molar refractivity (Wildman–Crippen MR) is 113 cm³/mol. The Morgan fingerprint density at radius 2 is 1.86 bits per heavy atom. The molecule has 0 saturated heterocycles. The van der Waals surface area contributed by atoms with Gasteiger partial charge in [0.25, 0.3) is 5.91 Å². The average Bonchev–Trinajstić information content (AvgIpc) is 2.92. The molecule has 1 amide bonds. The van der Waals surface area contributed by atoms with Gasteiger partial charge in [0.15, 0.2) is 0 Å². The minimum atomic E-state index is -0.417. The summed E-state index contributed by atoms with van der Waals surface area (Å²) in [6.07, 6.45) is 11.6. The van der Waals surface area contributed by atoms with Gasteiger partial charge in [0.05, 0.1) is 5.56 Å². The molecule has 1 aromatic carbocycles. The van der Waals surface area contributed by atoms with E-state index >= 15 is 0 Å². The molecule has 1 aliphatic carbocycles. The molecule has 0 atom stereocenters. The fourth-order valence-electron chi connectivity index (χ4n) is 4.80. The van der Waals surface area contributed by atoms with Crippen LogP contribution in [0.25, 0.3) is 11.1 Å². The number of hydrogen-bond acceptors (Lipinski definition) is 1. The minimum Gasteiger partial charge on any atom is -0.366 e. The number of carbonyl (C=O) groups excluding carboxylic acids is 1.